The number of benzene rings is 3. The molecule has 1 aromatic heterocycles. The molecule has 0 fully saturated rings. The molecule has 4 aromatic rings. The topological polar surface area (TPSA) is 82.8 Å². The molecule has 0 amide bonds. The minimum atomic E-state index is -3.48. The van der Waals surface area contributed by atoms with Gasteiger partial charge in [-0.05, 0) is 78.1 Å². The van der Waals surface area contributed by atoms with Gasteiger partial charge in [0.1, 0.15) is 22.7 Å². The average Bonchev–Trinajstić information content (AvgIpc) is 2.84. The first kappa shape index (κ1) is 26.0. The van der Waals surface area contributed by atoms with Crippen LogP contribution in [0.15, 0.2) is 74.8 Å². The summed E-state index contributed by atoms with van der Waals surface area (Å²) in [5.74, 6) is 1.43. The summed E-state index contributed by atoms with van der Waals surface area (Å²) in [6.45, 7) is 3.58. The lowest BCUT2D eigenvalue weighted by Gasteiger charge is -2.23. The first-order chi connectivity index (χ1) is 16.7. The average molecular weight is 569 g/mol. The Bertz CT molecular complexity index is 1620. The number of sulfone groups is 1. The molecule has 184 valence electrons. The Labute approximate surface area is 217 Å². The molecule has 0 saturated heterocycles. The van der Waals surface area contributed by atoms with Crippen LogP contribution in [0.3, 0.4) is 0 Å². The molecule has 0 aliphatic heterocycles. The predicted molar refractivity (Wildman–Crippen MR) is 147 cm³/mol. The second kappa shape index (κ2) is 10.5. The highest BCUT2D eigenvalue weighted by Crippen LogP contribution is 2.60. The van der Waals surface area contributed by atoms with Gasteiger partial charge in [-0.2, -0.15) is 0 Å². The van der Waals surface area contributed by atoms with E-state index in [0.717, 1.165) is 12.2 Å². The van der Waals surface area contributed by atoms with Gasteiger partial charge in [0.05, 0.1) is 26.4 Å². The van der Waals surface area contributed by atoms with Crippen LogP contribution in [0, 0.1) is 0 Å². The van der Waals surface area contributed by atoms with E-state index in [0.29, 0.717) is 27.7 Å². The molecule has 1 heterocycles. The van der Waals surface area contributed by atoms with Gasteiger partial charge in [0.15, 0.2) is 9.84 Å². The maximum atomic E-state index is 13.3. The van der Waals surface area contributed by atoms with Crippen molar-refractivity contribution in [1.82, 2.24) is 0 Å². The second-order valence-electron chi connectivity index (χ2n) is 7.54. The van der Waals surface area contributed by atoms with Crippen LogP contribution in [-0.2, 0) is 21.6 Å². The van der Waals surface area contributed by atoms with E-state index in [9.17, 15) is 13.2 Å². The van der Waals surface area contributed by atoms with Gasteiger partial charge in [-0.3, -0.25) is 4.79 Å². The molecule has 11 heteroatoms. The second-order valence-corrected chi connectivity index (χ2v) is 16.5. The van der Waals surface area contributed by atoms with E-state index in [1.165, 1.54) is 29.6 Å². The molecule has 1 atom stereocenters. The number of halogens is 1. The van der Waals surface area contributed by atoms with Crippen molar-refractivity contribution in [3.8, 4) is 11.5 Å². The third kappa shape index (κ3) is 5.70. The van der Waals surface area contributed by atoms with E-state index < -0.39 is 15.5 Å². The molecule has 35 heavy (non-hydrogen) atoms. The van der Waals surface area contributed by atoms with Gasteiger partial charge in [0.25, 0.3) is 0 Å². The summed E-state index contributed by atoms with van der Waals surface area (Å²) in [6.07, 6.45) is 0.870. The molecule has 3 aromatic carbocycles. The van der Waals surface area contributed by atoms with Gasteiger partial charge < -0.3 is 13.5 Å². The van der Waals surface area contributed by atoms with Crippen LogP contribution in [0.4, 0.5) is 0 Å². The minimum Gasteiger partial charge on any atom is -0.456 e. The fourth-order valence-electron chi connectivity index (χ4n) is 3.27. The Balaban J connectivity index is 1.77. The van der Waals surface area contributed by atoms with Gasteiger partial charge >= 0.3 is 5.69 Å². The zero-order valence-electron chi connectivity index (χ0n) is 18.9. The molecule has 0 N–H and O–H groups in total. The molecule has 0 aliphatic rings. The quantitative estimate of drug-likeness (QED) is 0.155. The lowest BCUT2D eigenvalue weighted by molar-refractivity contribution is 0.506. The summed E-state index contributed by atoms with van der Waals surface area (Å²) in [6, 6.07) is 16.2. The highest BCUT2D eigenvalue weighted by Gasteiger charge is 2.25. The van der Waals surface area contributed by atoms with Crippen molar-refractivity contribution < 1.29 is 21.9 Å². The van der Waals surface area contributed by atoms with E-state index in [1.807, 2.05) is 6.92 Å². The Hall–Kier alpha value is -2.03. The number of para-hydroxylation sites is 1. The van der Waals surface area contributed by atoms with Crippen LogP contribution in [-0.4, -0.2) is 19.9 Å². The first-order valence-corrected chi connectivity index (χ1v) is 17.0. The highest BCUT2D eigenvalue weighted by atomic mass is 35.5. The Morgan fingerprint density at radius 2 is 1.69 bits per heavy atom. The largest absolute Gasteiger partial charge is 0.456 e. The minimum absolute atomic E-state index is 0.0686. The maximum Gasteiger partial charge on any atom is 0.348 e. The van der Waals surface area contributed by atoms with Crippen molar-refractivity contribution in [2.24, 2.45) is 0 Å². The molecular formula is C24H22ClO6PS3. The zero-order chi connectivity index (χ0) is 25.2. The van der Waals surface area contributed by atoms with Crippen LogP contribution in [0.1, 0.15) is 20.3 Å². The van der Waals surface area contributed by atoms with Crippen LogP contribution >= 0.6 is 28.7 Å². The van der Waals surface area contributed by atoms with E-state index in [1.54, 1.807) is 49.4 Å². The van der Waals surface area contributed by atoms with Crippen molar-refractivity contribution in [2.75, 3.05) is 11.5 Å². The van der Waals surface area contributed by atoms with E-state index >= 15 is 0 Å². The van der Waals surface area contributed by atoms with Crippen LogP contribution < -0.4 is 14.5 Å². The summed E-state index contributed by atoms with van der Waals surface area (Å²) >= 11 is 13.5. The first-order valence-electron chi connectivity index (χ1n) is 10.8. The van der Waals surface area contributed by atoms with E-state index in [-0.39, 0.29) is 26.8 Å². The summed E-state index contributed by atoms with van der Waals surface area (Å²) in [7, 11) is -3.48. The molecule has 0 saturated carbocycles. The monoisotopic (exact) mass is 568 g/mol. The smallest absolute Gasteiger partial charge is 0.348 e. The third-order valence-corrected chi connectivity index (χ3v) is 12.2. The molecular weight excluding hydrogens is 547 g/mol. The number of rotatable bonds is 9. The van der Waals surface area contributed by atoms with Crippen molar-refractivity contribution in [2.45, 2.75) is 25.2 Å². The SMILES string of the molecule is CCCSP(=S)(Oc1ccc2oc3ccc(S(=O)(=O)CC)cc3c(=O)c2c1)Oc1ccccc1Cl. The van der Waals surface area contributed by atoms with Gasteiger partial charge in [-0.25, -0.2) is 8.42 Å². The summed E-state index contributed by atoms with van der Waals surface area (Å²) < 4.78 is 42.7. The Kier molecular flexibility index (Phi) is 7.83. The van der Waals surface area contributed by atoms with Crippen LogP contribution in [0.25, 0.3) is 21.9 Å². The number of hydrogen-bond acceptors (Lipinski definition) is 8. The molecule has 6 nitrogen and oxygen atoms in total. The molecule has 4 rings (SSSR count). The molecule has 0 spiro atoms. The molecule has 0 aliphatic carbocycles. The lowest BCUT2D eigenvalue weighted by atomic mass is 10.1. The number of fused-ring (bicyclic) bond motifs is 2. The standard InChI is InChI=1S/C24H22ClO6PS3/c1-3-13-34-32(33,31-23-8-6-5-7-20(23)25)30-16-9-11-21-18(14-16)24(26)19-15-17(35(27,28)4-2)10-12-22(19)29-21/h5-12,14-15H,3-4,13H2,1-2H3. The molecule has 0 radical (unpaired) electrons. The van der Waals surface area contributed by atoms with Gasteiger partial charge in [-0.15, -0.1) is 0 Å². The van der Waals surface area contributed by atoms with Crippen molar-refractivity contribution in [1.29, 1.82) is 0 Å². The fraction of sp³-hybridized carbons (Fsp3) is 0.208. The van der Waals surface area contributed by atoms with Crippen LogP contribution in [0.5, 0.6) is 11.5 Å². The molecule has 0 bridgehead atoms. The van der Waals surface area contributed by atoms with Crippen molar-refractivity contribution in [3.63, 3.8) is 0 Å². The maximum absolute atomic E-state index is 13.3. The van der Waals surface area contributed by atoms with Crippen molar-refractivity contribution in [3.05, 3.63) is 75.9 Å². The lowest BCUT2D eigenvalue weighted by Crippen LogP contribution is -2.07. The normalized spacial score (nSPS) is 13.6. The summed E-state index contributed by atoms with van der Waals surface area (Å²) in [4.78, 5) is 13.4. The molecule has 1 unspecified atom stereocenters. The predicted octanol–water partition coefficient (Wildman–Crippen LogP) is 7.22. The summed E-state index contributed by atoms with van der Waals surface area (Å²) in [5.41, 5.74) is -2.64. The van der Waals surface area contributed by atoms with E-state index in [2.05, 4.69) is 0 Å². The number of hydrogen-bond donors (Lipinski definition) is 0. The Morgan fingerprint density at radius 3 is 2.37 bits per heavy atom. The van der Waals surface area contributed by atoms with Gasteiger partial charge in [0, 0.05) is 5.75 Å². The third-order valence-electron chi connectivity index (χ3n) is 5.07. The van der Waals surface area contributed by atoms with Crippen LogP contribution in [0.2, 0.25) is 5.02 Å². The fourth-order valence-corrected chi connectivity index (χ4v) is 8.93. The van der Waals surface area contributed by atoms with Gasteiger partial charge in [0.2, 0.25) is 5.43 Å². The van der Waals surface area contributed by atoms with E-state index in [4.69, 9.17) is 36.9 Å². The van der Waals surface area contributed by atoms with Crippen molar-refractivity contribution >= 4 is 72.3 Å². The Morgan fingerprint density at radius 1 is 1.00 bits per heavy atom. The van der Waals surface area contributed by atoms with Gasteiger partial charge in [-0.1, -0.05) is 37.6 Å². The zero-order valence-corrected chi connectivity index (χ0v) is 23.0. The highest BCUT2D eigenvalue weighted by molar-refractivity contribution is 8.68. The summed E-state index contributed by atoms with van der Waals surface area (Å²) in [5, 5.41) is 0.850.